The third kappa shape index (κ3) is 4.53. The number of piperazine rings is 1. The average molecular weight is 455 g/mol. The number of hydrogen-bond acceptors (Lipinski definition) is 4. The second kappa shape index (κ2) is 9.57. The van der Waals surface area contributed by atoms with E-state index in [1.807, 2.05) is 24.3 Å². The maximum atomic E-state index is 13.9. The highest BCUT2D eigenvalue weighted by Gasteiger charge is 2.54. The maximum Gasteiger partial charge on any atom is 0.322 e. The highest BCUT2D eigenvalue weighted by atomic mass is 19.1. The van der Waals surface area contributed by atoms with Crippen LogP contribution in [0.3, 0.4) is 0 Å². The fourth-order valence-electron chi connectivity index (χ4n) is 4.44. The first-order chi connectivity index (χ1) is 15.9. The van der Waals surface area contributed by atoms with E-state index in [0.717, 1.165) is 29.3 Å². The van der Waals surface area contributed by atoms with Crippen LogP contribution < -0.4 is 5.32 Å². The smallest absolute Gasteiger partial charge is 0.322 e. The van der Waals surface area contributed by atoms with Gasteiger partial charge < -0.3 is 25.0 Å². The number of hydrogen-bond donors (Lipinski definition) is 2. The van der Waals surface area contributed by atoms with Crippen LogP contribution in [-0.4, -0.2) is 72.3 Å². The van der Waals surface area contributed by atoms with Crippen LogP contribution >= 0.6 is 0 Å². The predicted molar refractivity (Wildman–Crippen MR) is 116 cm³/mol. The number of nitrogens with zero attached hydrogens (tertiary/aromatic N) is 2. The molecule has 0 aliphatic carbocycles. The van der Waals surface area contributed by atoms with Gasteiger partial charge in [-0.05, 0) is 29.8 Å². The number of aliphatic hydroxyl groups excluding tert-OH is 1. The van der Waals surface area contributed by atoms with Gasteiger partial charge in [0.25, 0.3) is 0 Å². The van der Waals surface area contributed by atoms with E-state index in [1.165, 1.54) is 4.90 Å². The third-order valence-corrected chi connectivity index (χ3v) is 5.95. The summed E-state index contributed by atoms with van der Waals surface area (Å²) in [4.78, 5) is 28.3. The largest absolute Gasteiger partial charge is 0.394 e. The second-order valence-corrected chi connectivity index (χ2v) is 7.94. The first kappa shape index (κ1) is 22.7. The highest BCUT2D eigenvalue weighted by molar-refractivity contribution is 5.94. The molecule has 172 valence electrons. The van der Waals surface area contributed by atoms with Crippen molar-refractivity contribution in [2.45, 2.75) is 18.0 Å². The minimum atomic E-state index is -0.773. The molecule has 0 aromatic heterocycles. The van der Waals surface area contributed by atoms with Crippen LogP contribution in [-0.2, 0) is 9.53 Å². The molecule has 2 N–H and O–H groups in total. The van der Waals surface area contributed by atoms with Crippen molar-refractivity contribution < 1.29 is 28.2 Å². The summed E-state index contributed by atoms with van der Waals surface area (Å²) in [5.74, 6) is 3.91. The zero-order chi connectivity index (χ0) is 23.5. The van der Waals surface area contributed by atoms with E-state index >= 15 is 0 Å². The van der Waals surface area contributed by atoms with Gasteiger partial charge in [-0.2, -0.15) is 0 Å². The van der Waals surface area contributed by atoms with Crippen molar-refractivity contribution in [1.82, 2.24) is 9.80 Å². The van der Waals surface area contributed by atoms with Gasteiger partial charge >= 0.3 is 6.03 Å². The zero-order valence-corrected chi connectivity index (χ0v) is 17.9. The summed E-state index contributed by atoms with van der Waals surface area (Å²) in [6, 6.07) is 8.85. The molecule has 0 spiro atoms. The Morgan fingerprint density at radius 2 is 2.00 bits per heavy atom. The highest BCUT2D eigenvalue weighted by Crippen LogP contribution is 2.43. The van der Waals surface area contributed by atoms with Crippen molar-refractivity contribution in [2.24, 2.45) is 0 Å². The van der Waals surface area contributed by atoms with Gasteiger partial charge in [0, 0.05) is 31.2 Å². The number of amides is 3. The van der Waals surface area contributed by atoms with Gasteiger partial charge in [-0.1, -0.05) is 24.0 Å². The molecule has 3 amide bonds. The molecule has 4 rings (SSSR count). The number of ether oxygens (including phenoxy) is 1. The van der Waals surface area contributed by atoms with E-state index < -0.39 is 17.7 Å². The Kier molecular flexibility index (Phi) is 6.58. The van der Waals surface area contributed by atoms with Crippen LogP contribution in [0.5, 0.6) is 0 Å². The summed E-state index contributed by atoms with van der Waals surface area (Å²) < 4.78 is 32.3. The number of urea groups is 1. The fourth-order valence-corrected chi connectivity index (χ4v) is 4.44. The summed E-state index contributed by atoms with van der Waals surface area (Å²) in [5, 5.41) is 12.2. The van der Waals surface area contributed by atoms with E-state index in [4.69, 9.17) is 4.74 Å². The summed E-state index contributed by atoms with van der Waals surface area (Å²) in [7, 11) is 1.57. The molecule has 7 nitrogen and oxygen atoms in total. The maximum absolute atomic E-state index is 13.9. The lowest BCUT2D eigenvalue weighted by Crippen LogP contribution is -2.73. The molecule has 2 fully saturated rings. The topological polar surface area (TPSA) is 82.1 Å². The van der Waals surface area contributed by atoms with Gasteiger partial charge in [0.05, 0.1) is 24.4 Å². The number of nitrogens with one attached hydrogen (secondary N) is 1. The lowest BCUT2D eigenvalue weighted by Gasteiger charge is -2.58. The van der Waals surface area contributed by atoms with E-state index in [-0.39, 0.29) is 49.3 Å². The van der Waals surface area contributed by atoms with Gasteiger partial charge in [0.1, 0.15) is 24.8 Å². The molecule has 0 bridgehead atoms. The first-order valence-electron chi connectivity index (χ1n) is 10.4. The monoisotopic (exact) mass is 455 g/mol. The van der Waals surface area contributed by atoms with E-state index in [1.54, 1.807) is 12.0 Å². The standard InChI is InChI=1S/C24H23F2N3O4/c1-33-10-2-3-15-4-6-16(7-5-15)23-20-12-28(13-22(31)29(20)21(23)14-30)24(32)27-19-11-17(25)8-9-18(19)26/h4-9,11,20-21,23,30H,10,12-14H2,1H3,(H,27,32)/t20-,21-,23-/m0/s1. The molecule has 0 radical (unpaired) electrons. The number of methoxy groups -OCH3 is 1. The lowest BCUT2D eigenvalue weighted by atomic mass is 9.73. The number of benzene rings is 2. The Labute approximate surface area is 189 Å². The van der Waals surface area contributed by atoms with E-state index in [9.17, 15) is 23.5 Å². The Balaban J connectivity index is 1.50. The lowest BCUT2D eigenvalue weighted by molar-refractivity contribution is -0.159. The van der Waals surface area contributed by atoms with Crippen LogP contribution in [0.2, 0.25) is 0 Å². The second-order valence-electron chi connectivity index (χ2n) is 7.94. The van der Waals surface area contributed by atoms with Crippen molar-refractivity contribution in [3.05, 3.63) is 65.2 Å². The third-order valence-electron chi connectivity index (χ3n) is 5.95. The summed E-state index contributed by atoms with van der Waals surface area (Å²) in [5.41, 5.74) is 1.43. The number of rotatable bonds is 4. The van der Waals surface area contributed by atoms with Gasteiger partial charge in [-0.25, -0.2) is 13.6 Å². The molecule has 9 heteroatoms. The average Bonchev–Trinajstić information content (AvgIpc) is 2.78. The van der Waals surface area contributed by atoms with Crippen LogP contribution in [0.4, 0.5) is 19.3 Å². The van der Waals surface area contributed by atoms with Crippen LogP contribution in [0, 0.1) is 23.5 Å². The van der Waals surface area contributed by atoms with Crippen LogP contribution in [0.1, 0.15) is 17.0 Å². The predicted octanol–water partition coefficient (Wildman–Crippen LogP) is 2.17. The van der Waals surface area contributed by atoms with E-state index in [2.05, 4.69) is 17.2 Å². The number of anilines is 1. The zero-order valence-electron chi connectivity index (χ0n) is 17.9. The quantitative estimate of drug-likeness (QED) is 0.693. The SMILES string of the molecule is COCC#Cc1ccc([C@@H]2[C@H](CO)N3C(=O)CN(C(=O)Nc4cc(F)ccc4F)C[C@@H]23)cc1. The Hall–Kier alpha value is -3.48. The van der Waals surface area contributed by atoms with Gasteiger partial charge in [-0.3, -0.25) is 4.79 Å². The number of carbonyl (C=O) groups excluding carboxylic acids is 2. The molecular weight excluding hydrogens is 432 g/mol. The van der Waals surface area contributed by atoms with Crippen molar-refractivity contribution in [1.29, 1.82) is 0 Å². The molecule has 2 aromatic rings. The molecule has 2 aliphatic rings. The Morgan fingerprint density at radius 1 is 1.24 bits per heavy atom. The van der Waals surface area contributed by atoms with Crippen molar-refractivity contribution in [3.8, 4) is 11.8 Å². The van der Waals surface area contributed by atoms with Crippen LogP contribution in [0.15, 0.2) is 42.5 Å². The summed E-state index contributed by atoms with van der Waals surface area (Å²) in [6.45, 7) is 0.109. The molecular formula is C24H23F2N3O4. The molecule has 2 saturated heterocycles. The minimum absolute atomic E-state index is 0.179. The Bertz CT molecular complexity index is 1110. The number of fused-ring (bicyclic) bond motifs is 1. The fraction of sp³-hybridized carbons (Fsp3) is 0.333. The van der Waals surface area contributed by atoms with Crippen LogP contribution in [0.25, 0.3) is 0 Å². The number of carbonyl (C=O) groups is 2. The summed E-state index contributed by atoms with van der Waals surface area (Å²) in [6.07, 6.45) is 0. The molecule has 0 saturated carbocycles. The molecule has 2 aliphatic heterocycles. The van der Waals surface area contributed by atoms with Gasteiger partial charge in [-0.15, -0.1) is 0 Å². The van der Waals surface area contributed by atoms with Crippen molar-refractivity contribution >= 4 is 17.6 Å². The first-order valence-corrected chi connectivity index (χ1v) is 10.4. The van der Waals surface area contributed by atoms with Crippen molar-refractivity contribution in [3.63, 3.8) is 0 Å². The molecule has 2 heterocycles. The molecule has 0 unspecified atom stereocenters. The Morgan fingerprint density at radius 3 is 2.70 bits per heavy atom. The number of aliphatic hydroxyl groups is 1. The van der Waals surface area contributed by atoms with Gasteiger partial charge in [0.2, 0.25) is 5.91 Å². The van der Waals surface area contributed by atoms with E-state index in [0.29, 0.717) is 6.61 Å². The number of halogens is 2. The normalized spacial score (nSPS) is 21.6. The molecule has 33 heavy (non-hydrogen) atoms. The van der Waals surface area contributed by atoms with Crippen molar-refractivity contribution in [2.75, 3.05) is 38.7 Å². The van der Waals surface area contributed by atoms with Gasteiger partial charge in [0.15, 0.2) is 0 Å². The minimum Gasteiger partial charge on any atom is -0.394 e. The molecule has 3 atom stereocenters. The molecule has 2 aromatic carbocycles. The summed E-state index contributed by atoms with van der Waals surface area (Å²) >= 11 is 0.